The molecule has 2 aromatic rings. The summed E-state index contributed by atoms with van der Waals surface area (Å²) in [5.74, 6) is 3.25. The van der Waals surface area contributed by atoms with Crippen LogP contribution in [0.1, 0.15) is 5.56 Å². The molecule has 0 atom stereocenters. The maximum Gasteiger partial charge on any atom is 0.231 e. The molecule has 0 unspecified atom stereocenters. The molecule has 130 valence electrons. The fourth-order valence-corrected chi connectivity index (χ4v) is 3.32. The summed E-state index contributed by atoms with van der Waals surface area (Å²) in [5.41, 5.74) is 0.974. The zero-order chi connectivity index (χ0) is 17.1. The van der Waals surface area contributed by atoms with E-state index in [0.717, 1.165) is 33.5 Å². The van der Waals surface area contributed by atoms with Gasteiger partial charge >= 0.3 is 0 Å². The molecule has 0 radical (unpaired) electrons. The Morgan fingerprint density at radius 1 is 0.920 bits per heavy atom. The Morgan fingerprint density at radius 2 is 1.64 bits per heavy atom. The van der Waals surface area contributed by atoms with Gasteiger partial charge in [0.15, 0.2) is 23.0 Å². The fraction of sp³-hybridized carbons (Fsp3) is 0.278. The van der Waals surface area contributed by atoms with E-state index in [2.05, 4.69) is 5.32 Å². The second-order valence-electron chi connectivity index (χ2n) is 5.56. The highest BCUT2D eigenvalue weighted by molar-refractivity contribution is 8.00. The zero-order valence-corrected chi connectivity index (χ0v) is 14.3. The molecule has 1 N–H and O–H groups in total. The second-order valence-corrected chi connectivity index (χ2v) is 6.61. The highest BCUT2D eigenvalue weighted by Gasteiger charge is 2.14. The quantitative estimate of drug-likeness (QED) is 0.828. The Kier molecular flexibility index (Phi) is 4.56. The maximum absolute atomic E-state index is 12.1. The Morgan fingerprint density at radius 3 is 2.56 bits per heavy atom. The summed E-state index contributed by atoms with van der Waals surface area (Å²) < 4.78 is 21.7. The summed E-state index contributed by atoms with van der Waals surface area (Å²) in [4.78, 5) is 13.0. The van der Waals surface area contributed by atoms with E-state index >= 15 is 0 Å². The van der Waals surface area contributed by atoms with Crippen LogP contribution in [0.25, 0.3) is 0 Å². The number of hydrogen-bond acceptors (Lipinski definition) is 6. The van der Waals surface area contributed by atoms with Crippen molar-refractivity contribution in [3.63, 3.8) is 0 Å². The van der Waals surface area contributed by atoms with Crippen LogP contribution in [0.15, 0.2) is 41.3 Å². The third-order valence-corrected chi connectivity index (χ3v) is 4.80. The number of fused-ring (bicyclic) bond motifs is 2. The summed E-state index contributed by atoms with van der Waals surface area (Å²) >= 11 is 1.46. The molecule has 2 aliphatic heterocycles. The molecule has 2 aliphatic rings. The average molecular weight is 359 g/mol. The number of carbonyl (C=O) groups is 1. The van der Waals surface area contributed by atoms with Crippen molar-refractivity contribution in [3.05, 3.63) is 42.0 Å². The monoisotopic (exact) mass is 359 g/mol. The predicted molar refractivity (Wildman–Crippen MR) is 92.6 cm³/mol. The lowest BCUT2D eigenvalue weighted by Gasteiger charge is -2.18. The summed E-state index contributed by atoms with van der Waals surface area (Å²) in [5, 5.41) is 2.91. The molecule has 6 nitrogen and oxygen atoms in total. The maximum atomic E-state index is 12.1. The van der Waals surface area contributed by atoms with Crippen LogP contribution in [0.5, 0.6) is 23.0 Å². The van der Waals surface area contributed by atoms with Gasteiger partial charge in [-0.05, 0) is 35.9 Å². The first kappa shape index (κ1) is 16.0. The number of amides is 1. The van der Waals surface area contributed by atoms with Gasteiger partial charge in [0.25, 0.3) is 0 Å². The van der Waals surface area contributed by atoms with E-state index in [1.54, 1.807) is 0 Å². The number of thioether (sulfide) groups is 1. The third kappa shape index (κ3) is 3.76. The molecule has 4 rings (SSSR count). The Labute approximate surface area is 149 Å². The lowest BCUT2D eigenvalue weighted by molar-refractivity contribution is -0.118. The first-order chi connectivity index (χ1) is 12.3. The van der Waals surface area contributed by atoms with Crippen LogP contribution in [0.2, 0.25) is 0 Å². The molecule has 1 amide bonds. The van der Waals surface area contributed by atoms with Crippen molar-refractivity contribution in [2.24, 2.45) is 0 Å². The van der Waals surface area contributed by atoms with E-state index in [1.807, 2.05) is 36.4 Å². The molecule has 2 aromatic carbocycles. The summed E-state index contributed by atoms with van der Waals surface area (Å²) in [6.07, 6.45) is 0. The molecular formula is C18H17NO5S. The number of benzene rings is 2. The van der Waals surface area contributed by atoms with Gasteiger partial charge in [-0.2, -0.15) is 0 Å². The standard InChI is InChI=1S/C18H17NO5S/c20-18(19-9-12-1-3-15-16(7-12)24-11-23-15)10-25-13-2-4-14-17(8-13)22-6-5-21-14/h1-4,7-8H,5-6,9-11H2,(H,19,20). The number of hydrogen-bond donors (Lipinski definition) is 1. The van der Waals surface area contributed by atoms with Gasteiger partial charge in [0.1, 0.15) is 13.2 Å². The minimum absolute atomic E-state index is 0.0300. The van der Waals surface area contributed by atoms with Gasteiger partial charge in [0.2, 0.25) is 12.7 Å². The summed E-state index contributed by atoms with van der Waals surface area (Å²) in [6.45, 7) is 1.83. The van der Waals surface area contributed by atoms with Gasteiger partial charge in [-0.3, -0.25) is 4.79 Å². The Bertz CT molecular complexity index is 795. The zero-order valence-electron chi connectivity index (χ0n) is 13.4. The molecule has 0 aromatic heterocycles. The van der Waals surface area contributed by atoms with E-state index in [4.69, 9.17) is 18.9 Å². The third-order valence-electron chi connectivity index (χ3n) is 3.81. The molecule has 2 heterocycles. The largest absolute Gasteiger partial charge is 0.486 e. The van der Waals surface area contributed by atoms with Crippen LogP contribution in [0, 0.1) is 0 Å². The summed E-state index contributed by atoms with van der Waals surface area (Å²) in [6, 6.07) is 11.4. The molecule has 0 fully saturated rings. The smallest absolute Gasteiger partial charge is 0.231 e. The minimum atomic E-state index is -0.0300. The number of ether oxygens (including phenoxy) is 4. The molecule has 0 saturated heterocycles. The van der Waals surface area contributed by atoms with Gasteiger partial charge in [-0.25, -0.2) is 0 Å². The Hall–Kier alpha value is -2.54. The molecular weight excluding hydrogens is 342 g/mol. The number of nitrogens with one attached hydrogen (secondary N) is 1. The van der Waals surface area contributed by atoms with Gasteiger partial charge in [0.05, 0.1) is 5.75 Å². The predicted octanol–water partition coefficient (Wildman–Crippen LogP) is 2.60. The summed E-state index contributed by atoms with van der Waals surface area (Å²) in [7, 11) is 0. The van der Waals surface area contributed by atoms with Crippen molar-refractivity contribution in [1.82, 2.24) is 5.32 Å². The molecule has 25 heavy (non-hydrogen) atoms. The van der Waals surface area contributed by atoms with E-state index in [9.17, 15) is 4.79 Å². The van der Waals surface area contributed by atoms with Crippen LogP contribution in [0.3, 0.4) is 0 Å². The van der Waals surface area contributed by atoms with Crippen LogP contribution >= 0.6 is 11.8 Å². The van der Waals surface area contributed by atoms with Gasteiger partial charge in [-0.15, -0.1) is 11.8 Å². The average Bonchev–Trinajstić information content (AvgIpc) is 3.12. The van der Waals surface area contributed by atoms with Crippen molar-refractivity contribution in [3.8, 4) is 23.0 Å². The van der Waals surface area contributed by atoms with Crippen molar-refractivity contribution in [2.45, 2.75) is 11.4 Å². The Balaban J connectivity index is 1.28. The lowest BCUT2D eigenvalue weighted by Crippen LogP contribution is -2.24. The van der Waals surface area contributed by atoms with Gasteiger partial charge in [-0.1, -0.05) is 6.07 Å². The normalized spacial score (nSPS) is 14.2. The SMILES string of the molecule is O=C(CSc1ccc2c(c1)OCCO2)NCc1ccc2c(c1)OCO2. The van der Waals surface area contributed by atoms with Crippen molar-refractivity contribution >= 4 is 17.7 Å². The van der Waals surface area contributed by atoms with E-state index in [-0.39, 0.29) is 12.7 Å². The van der Waals surface area contributed by atoms with Crippen molar-refractivity contribution < 1.29 is 23.7 Å². The molecule has 7 heteroatoms. The van der Waals surface area contributed by atoms with E-state index in [0.29, 0.717) is 25.5 Å². The lowest BCUT2D eigenvalue weighted by atomic mass is 10.2. The first-order valence-electron chi connectivity index (χ1n) is 7.95. The second kappa shape index (κ2) is 7.14. The van der Waals surface area contributed by atoms with Gasteiger partial charge in [0, 0.05) is 11.4 Å². The minimum Gasteiger partial charge on any atom is -0.486 e. The van der Waals surface area contributed by atoms with E-state index < -0.39 is 0 Å². The number of rotatable bonds is 5. The first-order valence-corrected chi connectivity index (χ1v) is 8.94. The molecule has 0 aliphatic carbocycles. The molecule has 0 bridgehead atoms. The fourth-order valence-electron chi connectivity index (χ4n) is 2.56. The van der Waals surface area contributed by atoms with Crippen LogP contribution in [0.4, 0.5) is 0 Å². The van der Waals surface area contributed by atoms with Crippen molar-refractivity contribution in [1.29, 1.82) is 0 Å². The topological polar surface area (TPSA) is 66.0 Å². The van der Waals surface area contributed by atoms with Gasteiger partial charge < -0.3 is 24.3 Å². The highest BCUT2D eigenvalue weighted by Crippen LogP contribution is 2.34. The van der Waals surface area contributed by atoms with Crippen LogP contribution in [-0.2, 0) is 11.3 Å². The van der Waals surface area contributed by atoms with E-state index in [1.165, 1.54) is 11.8 Å². The molecule has 0 spiro atoms. The number of carbonyl (C=O) groups excluding carboxylic acids is 1. The molecule has 0 saturated carbocycles. The highest BCUT2D eigenvalue weighted by atomic mass is 32.2. The van der Waals surface area contributed by atoms with Crippen molar-refractivity contribution in [2.75, 3.05) is 25.8 Å². The van der Waals surface area contributed by atoms with Crippen LogP contribution < -0.4 is 24.3 Å². The van der Waals surface area contributed by atoms with Crippen LogP contribution in [-0.4, -0.2) is 31.7 Å².